The van der Waals surface area contributed by atoms with Crippen LogP contribution in [0, 0.1) is 0 Å². The lowest BCUT2D eigenvalue weighted by Gasteiger charge is -2.19. The lowest BCUT2D eigenvalue weighted by molar-refractivity contribution is -0.139. The second kappa shape index (κ2) is 9.01. The molecule has 7 nitrogen and oxygen atoms in total. The molecule has 3 aromatic rings. The maximum atomic E-state index is 12.6. The van der Waals surface area contributed by atoms with E-state index in [-0.39, 0.29) is 18.1 Å². The van der Waals surface area contributed by atoms with Gasteiger partial charge in [0.2, 0.25) is 0 Å². The van der Waals surface area contributed by atoms with Gasteiger partial charge in [-0.1, -0.05) is 48.5 Å². The van der Waals surface area contributed by atoms with E-state index in [1.807, 2.05) is 48.5 Å². The Labute approximate surface area is 185 Å². The number of ether oxygens (including phenoxy) is 3. The predicted octanol–water partition coefficient (Wildman–Crippen LogP) is 4.37. The molecule has 1 aliphatic rings. The Kier molecular flexibility index (Phi) is 5.98. The number of fused-ring (bicyclic) bond motifs is 3. The molecule has 7 heteroatoms. The fourth-order valence-corrected chi connectivity index (χ4v) is 4.10. The SMILES string of the molecule is COc1ccc(OC)c([C@@H](NC(=O)OCC2c3ccccc3-c3ccccc32)C(=O)O)c1. The fraction of sp³-hybridized carbons (Fsp3) is 0.200. The summed E-state index contributed by atoms with van der Waals surface area (Å²) in [5, 5.41) is 12.2. The van der Waals surface area contributed by atoms with Gasteiger partial charge in [-0.25, -0.2) is 9.59 Å². The first-order valence-corrected chi connectivity index (χ1v) is 10.1. The van der Waals surface area contributed by atoms with Gasteiger partial charge in [0.1, 0.15) is 18.1 Å². The second-order valence-electron chi connectivity index (χ2n) is 7.35. The summed E-state index contributed by atoms with van der Waals surface area (Å²) in [6.07, 6.45) is -0.830. The number of rotatable bonds is 7. The summed E-state index contributed by atoms with van der Waals surface area (Å²) >= 11 is 0. The third-order valence-electron chi connectivity index (χ3n) is 5.60. The minimum Gasteiger partial charge on any atom is -0.497 e. The molecule has 4 rings (SSSR count). The molecule has 0 aliphatic heterocycles. The molecule has 0 bridgehead atoms. The van der Waals surface area contributed by atoms with Crippen molar-refractivity contribution in [2.24, 2.45) is 0 Å². The van der Waals surface area contributed by atoms with Gasteiger partial charge >= 0.3 is 12.1 Å². The number of amides is 1. The summed E-state index contributed by atoms with van der Waals surface area (Å²) in [7, 11) is 2.90. The van der Waals surface area contributed by atoms with Crippen molar-refractivity contribution in [3.63, 3.8) is 0 Å². The van der Waals surface area contributed by atoms with Crippen LogP contribution in [0.3, 0.4) is 0 Å². The summed E-state index contributed by atoms with van der Waals surface area (Å²) in [6, 6.07) is 19.4. The van der Waals surface area contributed by atoms with Crippen molar-refractivity contribution in [3.05, 3.63) is 83.4 Å². The van der Waals surface area contributed by atoms with E-state index >= 15 is 0 Å². The molecule has 2 N–H and O–H groups in total. The van der Waals surface area contributed by atoms with Gasteiger partial charge in [-0.3, -0.25) is 0 Å². The number of carboxylic acids is 1. The number of hydrogen-bond donors (Lipinski definition) is 2. The van der Waals surface area contributed by atoms with Crippen LogP contribution in [0.2, 0.25) is 0 Å². The molecule has 0 heterocycles. The van der Waals surface area contributed by atoms with Gasteiger partial charge in [0.05, 0.1) is 14.2 Å². The number of nitrogens with one attached hydrogen (secondary N) is 1. The molecule has 0 saturated heterocycles. The lowest BCUT2D eigenvalue weighted by Crippen LogP contribution is -2.35. The van der Waals surface area contributed by atoms with E-state index in [2.05, 4.69) is 5.32 Å². The summed E-state index contributed by atoms with van der Waals surface area (Å²) in [4.78, 5) is 24.5. The molecule has 1 aliphatic carbocycles. The van der Waals surface area contributed by atoms with E-state index in [0.717, 1.165) is 22.3 Å². The van der Waals surface area contributed by atoms with E-state index in [1.54, 1.807) is 12.1 Å². The van der Waals surface area contributed by atoms with E-state index in [9.17, 15) is 14.7 Å². The zero-order valence-electron chi connectivity index (χ0n) is 17.7. The molecule has 3 aromatic carbocycles. The highest BCUT2D eigenvalue weighted by molar-refractivity contribution is 5.83. The number of methoxy groups -OCH3 is 2. The number of benzene rings is 3. The average molecular weight is 433 g/mol. The smallest absolute Gasteiger partial charge is 0.408 e. The highest BCUT2D eigenvalue weighted by Gasteiger charge is 2.31. The molecule has 32 heavy (non-hydrogen) atoms. The summed E-state index contributed by atoms with van der Waals surface area (Å²) < 4.78 is 15.9. The molecular weight excluding hydrogens is 410 g/mol. The standard InChI is InChI=1S/C25H23NO6/c1-30-15-11-12-22(31-2)20(13-15)23(24(27)28)26-25(29)32-14-21-18-9-5-3-7-16(18)17-8-4-6-10-19(17)21/h3-13,21,23H,14H2,1-2H3,(H,26,29)(H,27,28)/t23-/m1/s1. The van der Waals surface area contributed by atoms with Gasteiger partial charge in [0.25, 0.3) is 0 Å². The Balaban J connectivity index is 1.52. The van der Waals surface area contributed by atoms with Crippen molar-refractivity contribution in [2.45, 2.75) is 12.0 Å². The van der Waals surface area contributed by atoms with Crippen molar-refractivity contribution < 1.29 is 28.9 Å². The zero-order valence-corrected chi connectivity index (χ0v) is 17.7. The number of alkyl carbamates (subject to hydrolysis) is 1. The van der Waals surface area contributed by atoms with Crippen molar-refractivity contribution in [1.29, 1.82) is 0 Å². The molecule has 0 spiro atoms. The Morgan fingerprint density at radius 3 is 2.12 bits per heavy atom. The van der Waals surface area contributed by atoms with E-state index in [1.165, 1.54) is 20.3 Å². The van der Waals surface area contributed by atoms with Crippen LogP contribution in [0.4, 0.5) is 4.79 Å². The van der Waals surface area contributed by atoms with Crippen LogP contribution in [0.5, 0.6) is 11.5 Å². The Hall–Kier alpha value is -4.00. The first kappa shape index (κ1) is 21.2. The van der Waals surface area contributed by atoms with Gasteiger partial charge in [-0.2, -0.15) is 0 Å². The van der Waals surface area contributed by atoms with Crippen LogP contribution >= 0.6 is 0 Å². The first-order chi connectivity index (χ1) is 15.5. The molecule has 0 unspecified atom stereocenters. The zero-order chi connectivity index (χ0) is 22.7. The molecule has 0 radical (unpaired) electrons. The van der Waals surface area contributed by atoms with E-state index in [4.69, 9.17) is 14.2 Å². The number of carbonyl (C=O) groups excluding carboxylic acids is 1. The maximum Gasteiger partial charge on any atom is 0.408 e. The molecule has 0 fully saturated rings. The largest absolute Gasteiger partial charge is 0.497 e. The first-order valence-electron chi connectivity index (χ1n) is 10.1. The highest BCUT2D eigenvalue weighted by Crippen LogP contribution is 2.44. The maximum absolute atomic E-state index is 12.6. The normalized spacial score (nSPS) is 12.9. The van der Waals surface area contributed by atoms with Gasteiger partial charge in [0.15, 0.2) is 6.04 Å². The Bertz CT molecular complexity index is 1110. The molecule has 0 saturated carbocycles. The van der Waals surface area contributed by atoms with Crippen LogP contribution in [0.1, 0.15) is 28.7 Å². The van der Waals surface area contributed by atoms with Gasteiger partial charge < -0.3 is 24.6 Å². The Morgan fingerprint density at radius 2 is 1.56 bits per heavy atom. The van der Waals surface area contributed by atoms with Gasteiger partial charge in [-0.15, -0.1) is 0 Å². The molecule has 0 aromatic heterocycles. The Morgan fingerprint density at radius 1 is 0.938 bits per heavy atom. The molecule has 1 atom stereocenters. The quantitative estimate of drug-likeness (QED) is 0.575. The third kappa shape index (κ3) is 3.97. The van der Waals surface area contributed by atoms with Crippen LogP contribution in [-0.4, -0.2) is 38.0 Å². The lowest BCUT2D eigenvalue weighted by atomic mass is 9.98. The predicted molar refractivity (Wildman–Crippen MR) is 118 cm³/mol. The molecule has 1 amide bonds. The van der Waals surface area contributed by atoms with Gasteiger partial charge in [-0.05, 0) is 40.5 Å². The van der Waals surface area contributed by atoms with Crippen LogP contribution in [0.25, 0.3) is 11.1 Å². The minimum absolute atomic E-state index is 0.0848. The third-order valence-corrected chi connectivity index (χ3v) is 5.60. The van der Waals surface area contributed by atoms with Crippen molar-refractivity contribution in [2.75, 3.05) is 20.8 Å². The van der Waals surface area contributed by atoms with Crippen LogP contribution < -0.4 is 14.8 Å². The number of hydrogen-bond acceptors (Lipinski definition) is 5. The van der Waals surface area contributed by atoms with Crippen LogP contribution in [0.15, 0.2) is 66.7 Å². The van der Waals surface area contributed by atoms with E-state index < -0.39 is 18.1 Å². The van der Waals surface area contributed by atoms with Crippen molar-refractivity contribution in [1.82, 2.24) is 5.32 Å². The fourth-order valence-electron chi connectivity index (χ4n) is 4.10. The monoisotopic (exact) mass is 433 g/mol. The topological polar surface area (TPSA) is 94.1 Å². The van der Waals surface area contributed by atoms with Crippen molar-refractivity contribution >= 4 is 12.1 Å². The van der Waals surface area contributed by atoms with Crippen molar-refractivity contribution in [3.8, 4) is 22.6 Å². The minimum atomic E-state index is -1.37. The number of carboxylic acid groups (broad SMARTS) is 1. The number of carbonyl (C=O) groups is 2. The second-order valence-corrected chi connectivity index (χ2v) is 7.35. The molecule has 164 valence electrons. The highest BCUT2D eigenvalue weighted by atomic mass is 16.5. The van der Waals surface area contributed by atoms with E-state index in [0.29, 0.717) is 11.5 Å². The molecular formula is C25H23NO6. The average Bonchev–Trinajstić information content (AvgIpc) is 3.14. The summed E-state index contributed by atoms with van der Waals surface area (Å²) in [5.74, 6) is -0.605. The summed E-state index contributed by atoms with van der Waals surface area (Å²) in [5.41, 5.74) is 4.63. The van der Waals surface area contributed by atoms with Gasteiger partial charge in [0, 0.05) is 11.5 Å². The number of aliphatic carboxylic acids is 1. The van der Waals surface area contributed by atoms with Crippen LogP contribution in [-0.2, 0) is 9.53 Å². The summed E-state index contributed by atoms with van der Waals surface area (Å²) in [6.45, 7) is 0.0848.